The predicted molar refractivity (Wildman–Crippen MR) is 112 cm³/mol. The molecule has 11 nitrogen and oxygen atoms in total. The van der Waals surface area contributed by atoms with Crippen LogP contribution in [0.15, 0.2) is 30.6 Å². The van der Waals surface area contributed by atoms with Gasteiger partial charge in [0.15, 0.2) is 5.75 Å². The van der Waals surface area contributed by atoms with Gasteiger partial charge in [0.2, 0.25) is 5.95 Å². The molecular formula is C20H23N7O4. The zero-order valence-electron chi connectivity index (χ0n) is 17.3. The first-order valence-electron chi connectivity index (χ1n) is 9.71. The third-order valence-corrected chi connectivity index (χ3v) is 4.79. The number of nitro groups is 1. The summed E-state index contributed by atoms with van der Waals surface area (Å²) in [5, 5.41) is 23.3. The number of nitriles is 1. The Morgan fingerprint density at radius 2 is 2.16 bits per heavy atom. The second kappa shape index (κ2) is 9.82. The number of anilines is 1. The number of nitrogens with zero attached hydrogens (tertiary/aromatic N) is 6. The number of aromatic nitrogens is 2. The lowest BCUT2D eigenvalue weighted by molar-refractivity contribution is -0.385. The second-order valence-electron chi connectivity index (χ2n) is 7.38. The maximum Gasteiger partial charge on any atom is 0.310 e. The largest absolute Gasteiger partial charge is 0.485 e. The van der Waals surface area contributed by atoms with Gasteiger partial charge >= 0.3 is 5.69 Å². The molecule has 1 unspecified atom stereocenters. The van der Waals surface area contributed by atoms with E-state index in [-0.39, 0.29) is 30.0 Å². The zero-order valence-corrected chi connectivity index (χ0v) is 17.3. The van der Waals surface area contributed by atoms with Gasteiger partial charge in [-0.1, -0.05) is 0 Å². The van der Waals surface area contributed by atoms with Gasteiger partial charge in [0.05, 0.1) is 22.9 Å². The lowest BCUT2D eigenvalue weighted by atomic mass is 10.1. The standard InChI is InChI=1S/C20H23N7O4/c1-25(2)7-8-31-18-9-15(3-4-17(18)27(29)30)19(28)26-6-5-16(13-26)24-20-22-11-14(10-21)12-23-20/h3-4,9,11-12,16H,5-8,13H2,1-2H3,(H,22,23,24). The minimum Gasteiger partial charge on any atom is -0.485 e. The molecule has 1 aromatic heterocycles. The number of carbonyl (C=O) groups excluding carboxylic acids is 1. The van der Waals surface area contributed by atoms with Crippen molar-refractivity contribution in [3.05, 3.63) is 51.8 Å². The van der Waals surface area contributed by atoms with Crippen LogP contribution < -0.4 is 10.1 Å². The van der Waals surface area contributed by atoms with Gasteiger partial charge < -0.3 is 19.9 Å². The summed E-state index contributed by atoms with van der Waals surface area (Å²) < 4.78 is 5.58. The monoisotopic (exact) mass is 425 g/mol. The van der Waals surface area contributed by atoms with E-state index in [0.717, 1.165) is 0 Å². The number of likely N-dealkylation sites (N-methyl/N-ethyl adjacent to an activating group) is 1. The van der Waals surface area contributed by atoms with Crippen LogP contribution in [0.3, 0.4) is 0 Å². The van der Waals surface area contributed by atoms with Crippen molar-refractivity contribution in [3.8, 4) is 11.8 Å². The van der Waals surface area contributed by atoms with E-state index in [2.05, 4.69) is 15.3 Å². The summed E-state index contributed by atoms with van der Waals surface area (Å²) in [5.41, 5.74) is 0.533. The number of amides is 1. The van der Waals surface area contributed by atoms with Crippen LogP contribution in [0.5, 0.6) is 5.75 Å². The number of rotatable bonds is 8. The summed E-state index contributed by atoms with van der Waals surface area (Å²) in [5.74, 6) is 0.250. The fraction of sp³-hybridized carbons (Fsp3) is 0.400. The Hall–Kier alpha value is -3.78. The van der Waals surface area contributed by atoms with Gasteiger partial charge in [-0.05, 0) is 26.6 Å². The molecule has 3 rings (SSSR count). The molecule has 11 heteroatoms. The van der Waals surface area contributed by atoms with Crippen molar-refractivity contribution in [1.29, 1.82) is 5.26 Å². The molecule has 162 valence electrons. The quantitative estimate of drug-likeness (QED) is 0.493. The van der Waals surface area contributed by atoms with E-state index >= 15 is 0 Å². The van der Waals surface area contributed by atoms with Gasteiger partial charge in [-0.3, -0.25) is 14.9 Å². The third-order valence-electron chi connectivity index (χ3n) is 4.79. The van der Waals surface area contributed by atoms with Crippen molar-refractivity contribution >= 4 is 17.5 Å². The highest BCUT2D eigenvalue weighted by Crippen LogP contribution is 2.29. The van der Waals surface area contributed by atoms with Gasteiger partial charge in [0.1, 0.15) is 12.7 Å². The van der Waals surface area contributed by atoms with Crippen LogP contribution in [0.1, 0.15) is 22.3 Å². The van der Waals surface area contributed by atoms with Gasteiger partial charge in [-0.2, -0.15) is 5.26 Å². The fourth-order valence-electron chi connectivity index (χ4n) is 3.14. The van der Waals surface area contributed by atoms with E-state index in [1.54, 1.807) is 4.90 Å². The van der Waals surface area contributed by atoms with Crippen LogP contribution in [-0.2, 0) is 0 Å². The highest BCUT2D eigenvalue weighted by Gasteiger charge is 2.28. The van der Waals surface area contributed by atoms with Crippen molar-refractivity contribution < 1.29 is 14.5 Å². The van der Waals surface area contributed by atoms with Crippen LogP contribution in [-0.4, -0.2) is 77.0 Å². The number of benzene rings is 1. The molecule has 1 amide bonds. The number of carbonyl (C=O) groups is 1. The van der Waals surface area contributed by atoms with Crippen LogP contribution >= 0.6 is 0 Å². The van der Waals surface area contributed by atoms with E-state index in [1.807, 2.05) is 25.1 Å². The molecule has 1 aromatic carbocycles. The molecule has 1 aliphatic rings. The third kappa shape index (κ3) is 5.64. The van der Waals surface area contributed by atoms with Crippen LogP contribution in [0.4, 0.5) is 11.6 Å². The first kappa shape index (κ1) is 21.9. The molecule has 1 N–H and O–H groups in total. The topological polar surface area (TPSA) is 138 Å². The summed E-state index contributed by atoms with van der Waals surface area (Å²) in [6.07, 6.45) is 3.57. The highest BCUT2D eigenvalue weighted by atomic mass is 16.6. The number of likely N-dealkylation sites (tertiary alicyclic amines) is 1. The van der Waals surface area contributed by atoms with Gasteiger partial charge in [0.25, 0.3) is 5.91 Å². The van der Waals surface area contributed by atoms with E-state index in [1.165, 1.54) is 30.6 Å². The van der Waals surface area contributed by atoms with Gasteiger partial charge in [0, 0.05) is 43.4 Å². The highest BCUT2D eigenvalue weighted by molar-refractivity contribution is 5.95. The number of nitrogens with one attached hydrogen (secondary N) is 1. The molecule has 2 aromatic rings. The number of ether oxygens (including phenoxy) is 1. The number of hydrogen-bond acceptors (Lipinski definition) is 9. The van der Waals surface area contributed by atoms with E-state index in [4.69, 9.17) is 10.00 Å². The molecule has 31 heavy (non-hydrogen) atoms. The average molecular weight is 425 g/mol. The van der Waals surface area contributed by atoms with Gasteiger partial charge in [-0.25, -0.2) is 9.97 Å². The van der Waals surface area contributed by atoms with Crippen molar-refractivity contribution in [2.24, 2.45) is 0 Å². The summed E-state index contributed by atoms with van der Waals surface area (Å²) in [7, 11) is 3.75. The number of hydrogen-bond donors (Lipinski definition) is 1. The predicted octanol–water partition coefficient (Wildman–Crippen LogP) is 1.52. The molecule has 0 spiro atoms. The van der Waals surface area contributed by atoms with E-state index in [9.17, 15) is 14.9 Å². The molecular weight excluding hydrogens is 402 g/mol. The smallest absolute Gasteiger partial charge is 0.310 e. The maximum atomic E-state index is 12.9. The average Bonchev–Trinajstić information content (AvgIpc) is 3.21. The first-order chi connectivity index (χ1) is 14.9. The molecule has 1 atom stereocenters. The second-order valence-corrected chi connectivity index (χ2v) is 7.38. The lowest BCUT2D eigenvalue weighted by Gasteiger charge is -2.18. The maximum absolute atomic E-state index is 12.9. The Labute approximate surface area is 179 Å². The molecule has 0 saturated carbocycles. The van der Waals surface area contributed by atoms with E-state index in [0.29, 0.717) is 43.1 Å². The van der Waals surface area contributed by atoms with E-state index < -0.39 is 4.92 Å². The molecule has 0 radical (unpaired) electrons. The molecule has 0 bridgehead atoms. The van der Waals surface area contributed by atoms with Gasteiger partial charge in [-0.15, -0.1) is 0 Å². The molecule has 1 fully saturated rings. The SMILES string of the molecule is CN(C)CCOc1cc(C(=O)N2CCC(Nc3ncc(C#N)cn3)C2)ccc1[N+](=O)[O-]. The fourth-order valence-corrected chi connectivity index (χ4v) is 3.14. The Bertz CT molecular complexity index is 988. The molecule has 2 heterocycles. The van der Waals surface area contributed by atoms with Crippen LogP contribution in [0, 0.1) is 21.4 Å². The Balaban J connectivity index is 1.66. The normalized spacial score (nSPS) is 15.5. The zero-order chi connectivity index (χ0) is 22.4. The molecule has 0 aliphatic carbocycles. The first-order valence-corrected chi connectivity index (χ1v) is 9.71. The number of nitro benzene ring substituents is 1. The van der Waals surface area contributed by atoms with Crippen molar-refractivity contribution in [3.63, 3.8) is 0 Å². The minimum absolute atomic E-state index is 0.0363. The lowest BCUT2D eigenvalue weighted by Crippen LogP contribution is -2.32. The molecule has 1 saturated heterocycles. The summed E-state index contributed by atoms with van der Waals surface area (Å²) in [6, 6.07) is 6.10. The van der Waals surface area contributed by atoms with Crippen molar-refractivity contribution in [2.45, 2.75) is 12.5 Å². The Kier molecular flexibility index (Phi) is 6.94. The minimum atomic E-state index is -0.521. The van der Waals surface area contributed by atoms with Crippen LogP contribution in [0.25, 0.3) is 0 Å². The Morgan fingerprint density at radius 3 is 2.81 bits per heavy atom. The van der Waals surface area contributed by atoms with Crippen molar-refractivity contribution in [1.82, 2.24) is 19.8 Å². The Morgan fingerprint density at radius 1 is 1.42 bits per heavy atom. The summed E-state index contributed by atoms with van der Waals surface area (Å²) in [6.45, 7) is 1.83. The molecule has 1 aliphatic heterocycles. The van der Waals surface area contributed by atoms with Crippen molar-refractivity contribution in [2.75, 3.05) is 45.7 Å². The summed E-state index contributed by atoms with van der Waals surface area (Å²) >= 11 is 0. The van der Waals surface area contributed by atoms with Crippen LogP contribution in [0.2, 0.25) is 0 Å². The summed E-state index contributed by atoms with van der Waals surface area (Å²) in [4.78, 5) is 35.5.